The van der Waals surface area contributed by atoms with E-state index in [2.05, 4.69) is 15.5 Å². The maximum atomic E-state index is 13.1. The third kappa shape index (κ3) is 5.31. The minimum atomic E-state index is -0.810. The smallest absolute Gasteiger partial charge is 0.269 e. The Morgan fingerprint density at radius 2 is 1.79 bits per heavy atom. The molecule has 1 fully saturated rings. The molecule has 38 heavy (non-hydrogen) atoms. The molecule has 2 heterocycles. The molecule has 0 bridgehead atoms. The molecule has 194 valence electrons. The van der Waals surface area contributed by atoms with Gasteiger partial charge in [0, 0.05) is 62.3 Å². The molecule has 10 nitrogen and oxygen atoms in total. The van der Waals surface area contributed by atoms with E-state index in [0.717, 1.165) is 37.4 Å². The van der Waals surface area contributed by atoms with Crippen LogP contribution in [0.1, 0.15) is 17.0 Å². The van der Waals surface area contributed by atoms with E-state index in [0.29, 0.717) is 29.2 Å². The lowest BCUT2D eigenvalue weighted by molar-refractivity contribution is -0.384. The fraction of sp³-hybridized carbons (Fsp3) is 0.250. The van der Waals surface area contributed by atoms with Crippen LogP contribution >= 0.6 is 0 Å². The molecule has 2 aliphatic heterocycles. The quantitative estimate of drug-likeness (QED) is 0.285. The van der Waals surface area contributed by atoms with Gasteiger partial charge in [-0.05, 0) is 35.9 Å². The molecule has 0 aliphatic carbocycles. The number of aliphatic imine (C=N–C) groups is 1. The minimum absolute atomic E-state index is 0.00829. The molecule has 0 radical (unpaired) electrons. The minimum Gasteiger partial charge on any atom is -0.325 e. The van der Waals surface area contributed by atoms with E-state index in [9.17, 15) is 19.7 Å². The lowest BCUT2D eigenvalue weighted by Gasteiger charge is -2.28. The topological polar surface area (TPSA) is 120 Å². The maximum absolute atomic E-state index is 13.1. The molecule has 1 unspecified atom stereocenters. The first-order valence-electron chi connectivity index (χ1n) is 12.4. The molecule has 2 amide bonds. The van der Waals surface area contributed by atoms with Gasteiger partial charge in [0.2, 0.25) is 11.8 Å². The summed E-state index contributed by atoms with van der Waals surface area (Å²) in [6, 6.07) is 20.9. The Hall–Kier alpha value is -4.41. The number of non-ortho nitro benzene ring substituents is 1. The Balaban J connectivity index is 1.44. The highest BCUT2D eigenvalue weighted by atomic mass is 16.6. The molecule has 10 heteroatoms. The van der Waals surface area contributed by atoms with Crippen LogP contribution in [0.15, 0.2) is 77.8 Å². The SMILES string of the molecule is CN(C(=O)CN1CCNCC1)c1ccc(N=C(c2ccccc2)C2C(=O)Nc3ccc([N+](=O)[O-])cc32)cc1. The van der Waals surface area contributed by atoms with Crippen LogP contribution in [-0.2, 0) is 9.59 Å². The highest BCUT2D eigenvalue weighted by Crippen LogP contribution is 2.38. The van der Waals surface area contributed by atoms with Gasteiger partial charge in [-0.3, -0.25) is 29.6 Å². The Kier molecular flexibility index (Phi) is 7.25. The number of benzene rings is 3. The number of nitrogens with zero attached hydrogens (tertiary/aromatic N) is 4. The van der Waals surface area contributed by atoms with E-state index in [1.165, 1.54) is 12.1 Å². The summed E-state index contributed by atoms with van der Waals surface area (Å²) in [5.41, 5.74) is 3.52. The van der Waals surface area contributed by atoms with Crippen LogP contribution in [0.3, 0.4) is 0 Å². The third-order valence-electron chi connectivity index (χ3n) is 6.85. The molecule has 3 aromatic carbocycles. The van der Waals surface area contributed by atoms with E-state index in [1.807, 2.05) is 42.5 Å². The lowest BCUT2D eigenvalue weighted by Crippen LogP contribution is -2.47. The number of fused-ring (bicyclic) bond motifs is 1. The van der Waals surface area contributed by atoms with Gasteiger partial charge < -0.3 is 15.5 Å². The summed E-state index contributed by atoms with van der Waals surface area (Å²) in [6.07, 6.45) is 0. The van der Waals surface area contributed by atoms with Crippen LogP contribution < -0.4 is 15.5 Å². The zero-order valence-electron chi connectivity index (χ0n) is 21.0. The summed E-state index contributed by atoms with van der Waals surface area (Å²) in [5, 5.41) is 17.5. The Bertz CT molecular complexity index is 1380. The summed E-state index contributed by atoms with van der Waals surface area (Å²) < 4.78 is 0. The number of nitrogens with one attached hydrogen (secondary N) is 2. The van der Waals surface area contributed by atoms with Crippen LogP contribution in [0.4, 0.5) is 22.7 Å². The zero-order valence-corrected chi connectivity index (χ0v) is 21.0. The predicted octanol–water partition coefficient (Wildman–Crippen LogP) is 3.32. The zero-order chi connectivity index (χ0) is 26.6. The van der Waals surface area contributed by atoms with Crippen LogP contribution in [0.2, 0.25) is 0 Å². The molecule has 3 aromatic rings. The average molecular weight is 513 g/mol. The van der Waals surface area contributed by atoms with Crippen LogP contribution in [-0.4, -0.2) is 67.1 Å². The fourth-order valence-corrected chi connectivity index (χ4v) is 4.74. The number of piperazine rings is 1. The first kappa shape index (κ1) is 25.2. The highest BCUT2D eigenvalue weighted by molar-refractivity contribution is 6.24. The van der Waals surface area contributed by atoms with Gasteiger partial charge in [0.05, 0.1) is 22.9 Å². The summed E-state index contributed by atoms with van der Waals surface area (Å²) in [7, 11) is 1.75. The molecular formula is C28H28N6O4. The Morgan fingerprint density at radius 3 is 2.47 bits per heavy atom. The predicted molar refractivity (Wildman–Crippen MR) is 146 cm³/mol. The molecule has 0 aromatic heterocycles. The van der Waals surface area contributed by atoms with Crippen molar-refractivity contribution in [2.75, 3.05) is 50.0 Å². The van der Waals surface area contributed by atoms with Crippen molar-refractivity contribution < 1.29 is 14.5 Å². The van der Waals surface area contributed by atoms with Gasteiger partial charge in [0.1, 0.15) is 5.92 Å². The number of anilines is 2. The monoisotopic (exact) mass is 512 g/mol. The van der Waals surface area contributed by atoms with E-state index in [-0.39, 0.29) is 17.5 Å². The molecule has 5 rings (SSSR count). The van der Waals surface area contributed by atoms with Gasteiger partial charge in [0.25, 0.3) is 5.69 Å². The fourth-order valence-electron chi connectivity index (χ4n) is 4.74. The first-order chi connectivity index (χ1) is 18.4. The molecule has 2 aliphatic rings. The maximum Gasteiger partial charge on any atom is 0.269 e. The van der Waals surface area contributed by atoms with Gasteiger partial charge in [-0.25, -0.2) is 0 Å². The third-order valence-corrected chi connectivity index (χ3v) is 6.85. The number of hydrogen-bond acceptors (Lipinski definition) is 7. The van der Waals surface area contributed by atoms with Gasteiger partial charge in [-0.2, -0.15) is 0 Å². The van der Waals surface area contributed by atoms with Crippen molar-refractivity contribution in [3.05, 3.63) is 94.0 Å². The van der Waals surface area contributed by atoms with Crippen molar-refractivity contribution in [1.82, 2.24) is 10.2 Å². The second-order valence-corrected chi connectivity index (χ2v) is 9.31. The van der Waals surface area contributed by atoms with Crippen LogP contribution in [0.25, 0.3) is 0 Å². The summed E-state index contributed by atoms with van der Waals surface area (Å²) in [6.45, 7) is 3.81. The Labute approximate surface area is 220 Å². The number of likely N-dealkylation sites (N-methyl/N-ethyl adjacent to an activating group) is 1. The summed E-state index contributed by atoms with van der Waals surface area (Å²) >= 11 is 0. The molecule has 1 atom stereocenters. The summed E-state index contributed by atoms with van der Waals surface area (Å²) in [4.78, 5) is 45.4. The molecule has 1 saturated heterocycles. The molecular weight excluding hydrogens is 484 g/mol. The van der Waals surface area contributed by atoms with Gasteiger partial charge in [0.15, 0.2) is 0 Å². The van der Waals surface area contributed by atoms with Crippen molar-refractivity contribution in [3.8, 4) is 0 Å². The van der Waals surface area contributed by atoms with Gasteiger partial charge >= 0.3 is 0 Å². The Morgan fingerprint density at radius 1 is 1.08 bits per heavy atom. The highest BCUT2D eigenvalue weighted by Gasteiger charge is 2.36. The first-order valence-corrected chi connectivity index (χ1v) is 12.4. The van der Waals surface area contributed by atoms with Crippen molar-refractivity contribution >= 4 is 40.3 Å². The van der Waals surface area contributed by atoms with Crippen molar-refractivity contribution in [1.29, 1.82) is 0 Å². The van der Waals surface area contributed by atoms with Crippen molar-refractivity contribution in [3.63, 3.8) is 0 Å². The van der Waals surface area contributed by atoms with E-state index < -0.39 is 10.8 Å². The molecule has 0 saturated carbocycles. The molecule has 2 N–H and O–H groups in total. The van der Waals surface area contributed by atoms with Gasteiger partial charge in [-0.15, -0.1) is 0 Å². The van der Waals surface area contributed by atoms with Crippen molar-refractivity contribution in [2.45, 2.75) is 5.92 Å². The normalized spacial score (nSPS) is 17.6. The number of hydrogen-bond donors (Lipinski definition) is 2. The molecule has 0 spiro atoms. The van der Waals surface area contributed by atoms with Crippen LogP contribution in [0.5, 0.6) is 0 Å². The number of amides is 2. The second-order valence-electron chi connectivity index (χ2n) is 9.31. The van der Waals surface area contributed by atoms with Gasteiger partial charge in [-0.1, -0.05) is 30.3 Å². The van der Waals surface area contributed by atoms with E-state index >= 15 is 0 Å². The number of nitro benzene ring substituents is 1. The number of rotatable bonds is 7. The average Bonchev–Trinajstić information content (AvgIpc) is 3.27. The number of nitro groups is 1. The standard InChI is InChI=1S/C28H28N6O4/c1-32(25(35)18-33-15-13-29-14-16-33)21-9-7-20(8-10-21)30-27(19-5-3-2-4-6-19)26-23-17-22(34(37)38)11-12-24(23)31-28(26)36/h2-12,17,26,29H,13-16,18H2,1H3,(H,31,36). The lowest BCUT2D eigenvalue weighted by atomic mass is 9.90. The number of carbonyl (C=O) groups is 2. The largest absolute Gasteiger partial charge is 0.325 e. The van der Waals surface area contributed by atoms with Crippen LogP contribution in [0, 0.1) is 10.1 Å². The van der Waals surface area contributed by atoms with E-state index in [4.69, 9.17) is 4.99 Å². The second kappa shape index (κ2) is 10.9. The van der Waals surface area contributed by atoms with E-state index in [1.54, 1.807) is 30.1 Å². The number of carbonyl (C=O) groups excluding carboxylic acids is 2. The van der Waals surface area contributed by atoms with Crippen molar-refractivity contribution in [2.24, 2.45) is 4.99 Å². The summed E-state index contributed by atoms with van der Waals surface area (Å²) in [5.74, 6) is -1.10.